The van der Waals surface area contributed by atoms with Crippen LogP contribution >= 0.6 is 0 Å². The van der Waals surface area contributed by atoms with Crippen LogP contribution in [0.1, 0.15) is 30.7 Å². The second-order valence-corrected chi connectivity index (χ2v) is 12.0. The third kappa shape index (κ3) is 2.36. The summed E-state index contributed by atoms with van der Waals surface area (Å²) in [6.45, 7) is 7.54. The molecule has 0 nitrogen and oxygen atoms in total. The molecule has 2 atom stereocenters. The summed E-state index contributed by atoms with van der Waals surface area (Å²) in [4.78, 5) is 0. The van der Waals surface area contributed by atoms with Gasteiger partial charge in [0.2, 0.25) is 0 Å². The summed E-state index contributed by atoms with van der Waals surface area (Å²) in [5.74, 6) is 1.32. The molecule has 0 bridgehead atoms. The monoisotopic (exact) mass is 268 g/mol. The Morgan fingerprint density at radius 3 is 2.42 bits per heavy atom. The van der Waals surface area contributed by atoms with E-state index in [1.165, 1.54) is 24.8 Å². The maximum Gasteiger partial charge on any atom is 0.0736 e. The zero-order valence-corrected chi connectivity index (χ0v) is 13.3. The average Bonchev–Trinajstić information content (AvgIpc) is 2.85. The topological polar surface area (TPSA) is 0 Å². The van der Waals surface area contributed by atoms with Gasteiger partial charge in [0, 0.05) is 5.92 Å². The fraction of sp³-hybridized carbons (Fsp3) is 0.444. The zero-order valence-electron chi connectivity index (χ0n) is 12.3. The lowest BCUT2D eigenvalue weighted by molar-refractivity contribution is 0.741. The molecule has 0 amide bonds. The van der Waals surface area contributed by atoms with Crippen molar-refractivity contribution in [2.24, 2.45) is 5.92 Å². The molecule has 0 saturated heterocycles. The summed E-state index contributed by atoms with van der Waals surface area (Å²) in [6, 6.07) is 11.1. The lowest BCUT2D eigenvalue weighted by atomic mass is 9.86. The Hall–Kier alpha value is -1.08. The molecule has 1 fully saturated rings. The van der Waals surface area contributed by atoms with E-state index in [2.05, 4.69) is 62.1 Å². The van der Waals surface area contributed by atoms with E-state index in [9.17, 15) is 0 Å². The maximum atomic E-state index is 2.51. The highest BCUT2D eigenvalue weighted by Crippen LogP contribution is 2.46. The molecule has 1 heteroatoms. The minimum Gasteiger partial charge on any atom is -0.0804 e. The second-order valence-electron chi connectivity index (χ2n) is 6.96. The lowest BCUT2D eigenvalue weighted by Crippen LogP contribution is -2.31. The smallest absolute Gasteiger partial charge is 0.0736 e. The van der Waals surface area contributed by atoms with E-state index in [1.807, 2.05) is 5.20 Å². The van der Waals surface area contributed by atoms with E-state index in [4.69, 9.17) is 0 Å². The first kappa shape index (κ1) is 12.9. The molecule has 1 aromatic rings. The number of allylic oxidation sites excluding steroid dienone is 4. The van der Waals surface area contributed by atoms with Crippen molar-refractivity contribution in [3.8, 4) is 0 Å². The number of rotatable bonds is 2. The van der Waals surface area contributed by atoms with E-state index >= 15 is 0 Å². The van der Waals surface area contributed by atoms with Crippen LogP contribution in [0, 0.1) is 5.92 Å². The molecule has 0 aliphatic heterocycles. The van der Waals surface area contributed by atoms with Gasteiger partial charge in [-0.3, -0.25) is 0 Å². The summed E-state index contributed by atoms with van der Waals surface area (Å²) < 4.78 is 0. The SMILES string of the molecule is C[Si](C)(C)C1=C2CCC[C@@H]2C=C[C@H]1c1ccccc1. The van der Waals surface area contributed by atoms with Crippen LogP contribution in [0.15, 0.2) is 53.3 Å². The van der Waals surface area contributed by atoms with Crippen LogP contribution in [0.2, 0.25) is 19.6 Å². The number of hydrogen-bond acceptors (Lipinski definition) is 0. The van der Waals surface area contributed by atoms with Gasteiger partial charge in [-0.2, -0.15) is 0 Å². The maximum absolute atomic E-state index is 2.51. The van der Waals surface area contributed by atoms with Crippen LogP contribution in [0.25, 0.3) is 0 Å². The van der Waals surface area contributed by atoms with E-state index in [-0.39, 0.29) is 0 Å². The molecule has 0 radical (unpaired) electrons. The number of hydrogen-bond donors (Lipinski definition) is 0. The molecule has 2 aliphatic rings. The van der Waals surface area contributed by atoms with Crippen LogP contribution in [0.4, 0.5) is 0 Å². The van der Waals surface area contributed by atoms with Gasteiger partial charge in [-0.05, 0) is 30.7 Å². The van der Waals surface area contributed by atoms with Crippen LogP contribution in [0.5, 0.6) is 0 Å². The van der Waals surface area contributed by atoms with Crippen molar-refractivity contribution in [3.05, 3.63) is 58.8 Å². The Morgan fingerprint density at radius 1 is 1.00 bits per heavy atom. The van der Waals surface area contributed by atoms with Gasteiger partial charge >= 0.3 is 0 Å². The van der Waals surface area contributed by atoms with Gasteiger partial charge in [0.15, 0.2) is 0 Å². The number of fused-ring (bicyclic) bond motifs is 1. The summed E-state index contributed by atoms with van der Waals surface area (Å²) in [5, 5.41) is 1.82. The van der Waals surface area contributed by atoms with Crippen molar-refractivity contribution in [2.75, 3.05) is 0 Å². The Bertz CT molecular complexity index is 516. The minimum absolute atomic E-state index is 0.553. The Kier molecular flexibility index (Phi) is 3.26. The van der Waals surface area contributed by atoms with Gasteiger partial charge < -0.3 is 0 Å². The predicted molar refractivity (Wildman–Crippen MR) is 86.0 cm³/mol. The summed E-state index contributed by atoms with van der Waals surface area (Å²) in [5.41, 5.74) is 3.28. The van der Waals surface area contributed by atoms with E-state index in [0.29, 0.717) is 5.92 Å². The quantitative estimate of drug-likeness (QED) is 0.503. The van der Waals surface area contributed by atoms with Crippen LogP contribution in [-0.2, 0) is 0 Å². The van der Waals surface area contributed by atoms with E-state index in [0.717, 1.165) is 5.92 Å². The van der Waals surface area contributed by atoms with Crippen molar-refractivity contribution in [2.45, 2.75) is 44.8 Å². The minimum atomic E-state index is -1.26. The average molecular weight is 268 g/mol. The fourth-order valence-electron chi connectivity index (χ4n) is 3.85. The van der Waals surface area contributed by atoms with Crippen molar-refractivity contribution in [1.82, 2.24) is 0 Å². The molecule has 0 heterocycles. The Balaban J connectivity index is 2.10. The number of benzene rings is 1. The molecular weight excluding hydrogens is 244 g/mol. The summed E-state index contributed by atoms with van der Waals surface area (Å²) in [6.07, 6.45) is 9.09. The van der Waals surface area contributed by atoms with Gasteiger partial charge in [0.25, 0.3) is 0 Å². The summed E-state index contributed by atoms with van der Waals surface area (Å²) >= 11 is 0. The Labute approximate surface area is 118 Å². The van der Waals surface area contributed by atoms with Crippen molar-refractivity contribution in [1.29, 1.82) is 0 Å². The third-order valence-electron chi connectivity index (χ3n) is 4.57. The fourth-order valence-corrected chi connectivity index (χ4v) is 6.32. The van der Waals surface area contributed by atoms with Crippen LogP contribution in [0.3, 0.4) is 0 Å². The van der Waals surface area contributed by atoms with Gasteiger partial charge in [0.1, 0.15) is 0 Å². The largest absolute Gasteiger partial charge is 0.0804 e. The van der Waals surface area contributed by atoms with Crippen molar-refractivity contribution in [3.63, 3.8) is 0 Å². The van der Waals surface area contributed by atoms with Crippen LogP contribution < -0.4 is 0 Å². The van der Waals surface area contributed by atoms with Gasteiger partial charge in [0.05, 0.1) is 8.07 Å². The van der Waals surface area contributed by atoms with E-state index < -0.39 is 8.07 Å². The third-order valence-corrected chi connectivity index (χ3v) is 6.82. The first-order chi connectivity index (χ1) is 9.07. The standard InChI is InChI=1S/C18H24Si/c1-19(2,3)18-16-11-7-10-15(16)12-13-17(18)14-8-5-4-6-9-14/h4-6,8-9,12-13,15,17H,7,10-11H2,1-3H3/t15-,17+/m1/s1. The first-order valence-corrected chi connectivity index (χ1v) is 11.0. The molecule has 1 saturated carbocycles. The van der Waals surface area contributed by atoms with E-state index in [1.54, 1.807) is 5.57 Å². The highest BCUT2D eigenvalue weighted by Gasteiger charge is 2.35. The molecule has 1 aromatic carbocycles. The zero-order chi connectivity index (χ0) is 13.5. The molecule has 3 rings (SSSR count). The van der Waals surface area contributed by atoms with Gasteiger partial charge in [-0.1, -0.05) is 72.9 Å². The van der Waals surface area contributed by atoms with Gasteiger partial charge in [-0.25, -0.2) is 0 Å². The van der Waals surface area contributed by atoms with Crippen molar-refractivity contribution >= 4 is 8.07 Å². The highest BCUT2D eigenvalue weighted by molar-refractivity contribution is 6.83. The predicted octanol–water partition coefficient (Wildman–Crippen LogP) is 5.31. The lowest BCUT2D eigenvalue weighted by Gasteiger charge is -2.34. The molecule has 0 aromatic heterocycles. The molecule has 0 N–H and O–H groups in total. The highest BCUT2D eigenvalue weighted by atomic mass is 28.3. The molecular formula is C18H24Si. The normalized spacial score (nSPS) is 26.7. The molecule has 2 aliphatic carbocycles. The Morgan fingerprint density at radius 2 is 1.74 bits per heavy atom. The second kappa shape index (κ2) is 4.79. The summed E-state index contributed by atoms with van der Waals surface area (Å²) in [7, 11) is -1.26. The van der Waals surface area contributed by atoms with Crippen LogP contribution in [-0.4, -0.2) is 8.07 Å². The van der Waals surface area contributed by atoms with Gasteiger partial charge in [-0.15, -0.1) is 0 Å². The molecule has 0 unspecified atom stereocenters. The molecule has 0 spiro atoms. The molecule has 19 heavy (non-hydrogen) atoms. The van der Waals surface area contributed by atoms with Crippen molar-refractivity contribution < 1.29 is 0 Å². The first-order valence-electron chi connectivity index (χ1n) is 7.54. The molecule has 100 valence electrons.